The normalized spacial score (nSPS) is 11.4. The van der Waals surface area contributed by atoms with Gasteiger partial charge in [0.15, 0.2) is 22.7 Å². The van der Waals surface area contributed by atoms with Gasteiger partial charge in [-0.15, -0.1) is 0 Å². The second kappa shape index (κ2) is 18.5. The first-order valence-electron chi connectivity index (χ1n) is 23.3. The number of para-hydroxylation sites is 2. The van der Waals surface area contributed by atoms with Crippen LogP contribution in [0.15, 0.2) is 164 Å². The summed E-state index contributed by atoms with van der Waals surface area (Å²) in [5.41, 5.74) is 3.16. The highest BCUT2D eigenvalue weighted by atomic mass is 19.4. The summed E-state index contributed by atoms with van der Waals surface area (Å²) in [6.07, 6.45) is -10.3. The molecule has 0 radical (unpaired) electrons. The van der Waals surface area contributed by atoms with E-state index < -0.39 is 23.5 Å². The zero-order valence-electron chi connectivity index (χ0n) is 39.9. The Hall–Kier alpha value is -11.4. The Morgan fingerprint density at radius 2 is 0.897 bits per heavy atom. The van der Waals surface area contributed by atoms with Crippen LogP contribution in [-0.2, 0) is 12.4 Å². The molecule has 11 aromatic rings. The molecule has 0 aliphatic heterocycles. The minimum Gasteiger partial charge on any atom is -0.309 e. The molecule has 366 valence electrons. The standard InChI is InChI=1S/C63H27F6N9/c1-73-44-26-41(34-72)60(53(31-44)76-4)38-15-19-57-49(28-38)45-9-5-7-11-54(45)77(57)56-18-14-37(40-24-42(62(64,65)66)30-43(25-40)63(67,68)69)27-48(56)47-17-13-35(32-70)23-59(47)78-55-12-8-6-10-46(55)50-29-39(16-20-58(50)78)61-51(74-2)21-36(33-71)22-52(61)75-3/h5-31H. The van der Waals surface area contributed by atoms with Crippen LogP contribution in [0.2, 0.25) is 0 Å². The number of hydrogen-bond acceptors (Lipinski definition) is 3. The summed E-state index contributed by atoms with van der Waals surface area (Å²) in [6.45, 7) is 31.5. The minimum atomic E-state index is -5.14. The lowest BCUT2D eigenvalue weighted by atomic mass is 9.93. The lowest BCUT2D eigenvalue weighted by molar-refractivity contribution is -0.143. The van der Waals surface area contributed by atoms with Crippen LogP contribution in [-0.4, -0.2) is 9.13 Å². The van der Waals surface area contributed by atoms with Gasteiger partial charge in [-0.3, -0.25) is 0 Å². The lowest BCUT2D eigenvalue weighted by Crippen LogP contribution is -2.11. The van der Waals surface area contributed by atoms with E-state index in [2.05, 4.69) is 31.5 Å². The topological polar surface area (TPSA) is 98.7 Å². The molecule has 0 N–H and O–H groups in total. The molecule has 0 aliphatic carbocycles. The van der Waals surface area contributed by atoms with Crippen LogP contribution in [0.1, 0.15) is 27.8 Å². The molecule has 9 nitrogen and oxygen atoms in total. The van der Waals surface area contributed by atoms with Crippen molar-refractivity contribution in [1.82, 2.24) is 9.13 Å². The molecule has 0 saturated heterocycles. The lowest BCUT2D eigenvalue weighted by Gasteiger charge is -2.21. The maximum Gasteiger partial charge on any atom is 0.416 e. The highest BCUT2D eigenvalue weighted by Gasteiger charge is 2.37. The van der Waals surface area contributed by atoms with Crippen molar-refractivity contribution in [2.75, 3.05) is 0 Å². The van der Waals surface area contributed by atoms with Crippen LogP contribution in [0.4, 0.5) is 49.1 Å². The Kier molecular flexibility index (Phi) is 11.6. The average molecular weight is 1020 g/mol. The third-order valence-corrected chi connectivity index (χ3v) is 13.7. The monoisotopic (exact) mass is 1020 g/mol. The fraction of sp³-hybridized carbons (Fsp3) is 0.0317. The van der Waals surface area contributed by atoms with Gasteiger partial charge in [0.05, 0.1) is 94.6 Å². The van der Waals surface area contributed by atoms with Gasteiger partial charge in [-0.2, -0.15) is 42.1 Å². The number of fused-ring (bicyclic) bond motifs is 6. The number of halogens is 6. The number of nitriles is 3. The molecule has 9 aromatic carbocycles. The van der Waals surface area contributed by atoms with E-state index in [-0.39, 0.29) is 56.6 Å². The molecule has 0 spiro atoms. The maximum atomic E-state index is 14.5. The molecule has 0 amide bonds. The van der Waals surface area contributed by atoms with Gasteiger partial charge in [-0.1, -0.05) is 66.7 Å². The van der Waals surface area contributed by atoms with Gasteiger partial charge in [-0.25, -0.2) is 19.4 Å². The van der Waals surface area contributed by atoms with E-state index in [1.807, 2.05) is 75.9 Å². The molecule has 15 heteroatoms. The molecule has 11 rings (SSSR count). The second-order valence-corrected chi connectivity index (χ2v) is 18.0. The van der Waals surface area contributed by atoms with E-state index in [1.165, 1.54) is 36.4 Å². The van der Waals surface area contributed by atoms with Crippen molar-refractivity contribution in [2.45, 2.75) is 12.4 Å². The van der Waals surface area contributed by atoms with Gasteiger partial charge >= 0.3 is 12.4 Å². The van der Waals surface area contributed by atoms with Crippen LogP contribution < -0.4 is 0 Å². The van der Waals surface area contributed by atoms with Gasteiger partial charge in [0.1, 0.15) is 0 Å². The number of rotatable bonds is 6. The fourth-order valence-corrected chi connectivity index (χ4v) is 10.3. The van der Waals surface area contributed by atoms with Crippen LogP contribution in [0.3, 0.4) is 0 Å². The molecule has 78 heavy (non-hydrogen) atoms. The van der Waals surface area contributed by atoms with Gasteiger partial charge < -0.3 is 9.13 Å². The molecule has 2 heterocycles. The van der Waals surface area contributed by atoms with Crippen LogP contribution in [0.5, 0.6) is 0 Å². The molecule has 0 fully saturated rings. The first-order chi connectivity index (χ1) is 37.6. The summed E-state index contributed by atoms with van der Waals surface area (Å²) in [5.74, 6) is 0. The number of nitrogens with zero attached hydrogens (tertiary/aromatic N) is 9. The van der Waals surface area contributed by atoms with E-state index in [0.717, 1.165) is 0 Å². The summed E-state index contributed by atoms with van der Waals surface area (Å²) in [7, 11) is 0. The summed E-state index contributed by atoms with van der Waals surface area (Å²) in [5, 5.41) is 33.2. The third-order valence-electron chi connectivity index (χ3n) is 13.7. The van der Waals surface area contributed by atoms with E-state index in [0.29, 0.717) is 100 Å². The Bertz CT molecular complexity index is 4650. The Morgan fingerprint density at radius 1 is 0.385 bits per heavy atom. The van der Waals surface area contributed by atoms with Gasteiger partial charge in [0.2, 0.25) is 0 Å². The van der Waals surface area contributed by atoms with Crippen molar-refractivity contribution in [3.8, 4) is 74.1 Å². The summed E-state index contributed by atoms with van der Waals surface area (Å²) in [4.78, 5) is 14.4. The smallest absolute Gasteiger partial charge is 0.309 e. The highest BCUT2D eigenvalue weighted by molar-refractivity contribution is 6.14. The van der Waals surface area contributed by atoms with Crippen molar-refractivity contribution < 1.29 is 26.3 Å². The predicted octanol–water partition coefficient (Wildman–Crippen LogP) is 18.4. The minimum absolute atomic E-state index is 0.00258. The zero-order valence-corrected chi connectivity index (χ0v) is 39.9. The molecule has 0 bridgehead atoms. The van der Waals surface area contributed by atoms with Crippen LogP contribution in [0.25, 0.3) is 119 Å². The van der Waals surface area contributed by atoms with E-state index in [1.54, 1.807) is 48.5 Å². The maximum absolute atomic E-state index is 14.5. The van der Waals surface area contributed by atoms with Gasteiger partial charge in [-0.05, 0) is 125 Å². The van der Waals surface area contributed by atoms with Gasteiger partial charge in [0.25, 0.3) is 0 Å². The second-order valence-electron chi connectivity index (χ2n) is 18.0. The van der Waals surface area contributed by atoms with Crippen molar-refractivity contribution >= 4 is 66.4 Å². The largest absolute Gasteiger partial charge is 0.416 e. The Labute approximate surface area is 439 Å². The van der Waals surface area contributed by atoms with Crippen LogP contribution >= 0.6 is 0 Å². The fourth-order valence-electron chi connectivity index (χ4n) is 10.3. The van der Waals surface area contributed by atoms with Crippen molar-refractivity contribution in [2.24, 2.45) is 0 Å². The average Bonchev–Trinajstić information content (AvgIpc) is 4.15. The third kappa shape index (κ3) is 8.01. The van der Waals surface area contributed by atoms with Crippen molar-refractivity contribution in [3.05, 3.63) is 237 Å². The van der Waals surface area contributed by atoms with Crippen LogP contribution in [0, 0.1) is 60.3 Å². The summed E-state index contributed by atoms with van der Waals surface area (Å²) < 4.78 is 90.7. The van der Waals surface area contributed by atoms with Gasteiger partial charge in [0, 0.05) is 49.4 Å². The first-order valence-corrected chi connectivity index (χ1v) is 23.3. The number of aromatic nitrogens is 2. The first kappa shape index (κ1) is 48.8. The quantitative estimate of drug-likeness (QED) is 0.123. The molecular weight excluding hydrogens is 997 g/mol. The molecule has 0 aliphatic rings. The number of alkyl halides is 6. The Morgan fingerprint density at radius 3 is 1.42 bits per heavy atom. The zero-order chi connectivity index (χ0) is 54.8. The Balaban J connectivity index is 1.23. The number of benzene rings is 9. The molecule has 0 unspecified atom stereocenters. The molecular formula is C63H27F6N9. The van der Waals surface area contributed by atoms with E-state index in [9.17, 15) is 42.1 Å². The van der Waals surface area contributed by atoms with E-state index in [4.69, 9.17) is 26.3 Å². The number of hydrogen-bond donors (Lipinski definition) is 0. The molecule has 0 atom stereocenters. The highest BCUT2D eigenvalue weighted by Crippen LogP contribution is 2.48. The summed E-state index contributed by atoms with van der Waals surface area (Å²) in [6, 6.07) is 48.3. The van der Waals surface area contributed by atoms with Crippen molar-refractivity contribution in [1.29, 1.82) is 15.8 Å². The summed E-state index contributed by atoms with van der Waals surface area (Å²) >= 11 is 0. The predicted molar refractivity (Wildman–Crippen MR) is 286 cm³/mol. The SMILES string of the molecule is [C-]#[N+]c1cc(C#N)c(-c2ccc3c(c2)c2ccccc2n3-c2ccc(-c3cc(C(F)(F)F)cc(C(F)(F)F)c3)cc2-c2ccc(C#N)cc2-n2c3ccccc3c3cc(-c4c([N+]#[C-])cc(C#N)cc4[N+]#[C-])ccc32)c([N+]#[C-])c1. The van der Waals surface area contributed by atoms with Crippen molar-refractivity contribution in [3.63, 3.8) is 0 Å². The molecule has 2 aromatic heterocycles. The molecule has 0 saturated carbocycles. The van der Waals surface area contributed by atoms with E-state index >= 15 is 0 Å².